The van der Waals surface area contributed by atoms with Crippen LogP contribution in [0.25, 0.3) is 0 Å². The zero-order chi connectivity index (χ0) is 20.9. The summed E-state index contributed by atoms with van der Waals surface area (Å²) in [6.45, 7) is 0.0497. The van der Waals surface area contributed by atoms with Crippen LogP contribution in [0.4, 0.5) is 8.78 Å². The number of nitriles is 1. The Hall–Kier alpha value is -2.86. The summed E-state index contributed by atoms with van der Waals surface area (Å²) < 4.78 is 29.3. The molecule has 0 amide bonds. The topological polar surface area (TPSA) is 78.0 Å². The SMILES string of the molecule is N#CCN(Cc1cccc(Cl)c1)CC(O)(Cn1cncn1)c1ccc(F)cc1F. The van der Waals surface area contributed by atoms with Crippen molar-refractivity contribution >= 4 is 11.6 Å². The molecular weight excluding hydrogens is 400 g/mol. The first kappa shape index (κ1) is 20.9. The van der Waals surface area contributed by atoms with Crippen LogP contribution >= 0.6 is 11.6 Å². The summed E-state index contributed by atoms with van der Waals surface area (Å²) in [6, 6.07) is 12.1. The van der Waals surface area contributed by atoms with Gasteiger partial charge in [0.05, 0.1) is 19.2 Å². The Bertz CT molecular complexity index is 1010. The van der Waals surface area contributed by atoms with Crippen LogP contribution in [0.2, 0.25) is 5.02 Å². The minimum Gasteiger partial charge on any atom is -0.382 e. The normalized spacial score (nSPS) is 13.2. The minimum absolute atomic E-state index is 0.0189. The largest absolute Gasteiger partial charge is 0.382 e. The molecule has 1 aromatic heterocycles. The first-order chi connectivity index (χ1) is 13.9. The molecule has 6 nitrogen and oxygen atoms in total. The second-order valence-electron chi connectivity index (χ2n) is 6.68. The van der Waals surface area contributed by atoms with E-state index in [0.29, 0.717) is 17.6 Å². The Morgan fingerprint density at radius 2 is 2.07 bits per heavy atom. The van der Waals surface area contributed by atoms with Crippen molar-refractivity contribution in [1.29, 1.82) is 5.26 Å². The number of benzene rings is 2. The number of aromatic nitrogens is 3. The Morgan fingerprint density at radius 1 is 1.24 bits per heavy atom. The lowest BCUT2D eigenvalue weighted by Gasteiger charge is -2.34. The fraction of sp³-hybridized carbons (Fsp3) is 0.250. The van der Waals surface area contributed by atoms with E-state index in [0.717, 1.165) is 11.6 Å². The third kappa shape index (κ3) is 5.35. The number of halogens is 3. The summed E-state index contributed by atoms with van der Waals surface area (Å²) in [5.41, 5.74) is -1.06. The first-order valence-corrected chi connectivity index (χ1v) is 9.11. The summed E-state index contributed by atoms with van der Waals surface area (Å²) in [7, 11) is 0. The van der Waals surface area contributed by atoms with Gasteiger partial charge >= 0.3 is 0 Å². The molecule has 0 saturated heterocycles. The van der Waals surface area contributed by atoms with Crippen molar-refractivity contribution in [3.63, 3.8) is 0 Å². The average Bonchev–Trinajstić information content (AvgIpc) is 3.14. The summed E-state index contributed by atoms with van der Waals surface area (Å²) in [4.78, 5) is 5.49. The van der Waals surface area contributed by atoms with Gasteiger partial charge in [0.25, 0.3) is 0 Å². The molecule has 150 valence electrons. The van der Waals surface area contributed by atoms with Crippen molar-refractivity contribution < 1.29 is 13.9 Å². The predicted octanol–water partition coefficient (Wildman–Crippen LogP) is 3.12. The average molecular weight is 418 g/mol. The van der Waals surface area contributed by atoms with Crippen molar-refractivity contribution in [1.82, 2.24) is 19.7 Å². The molecule has 2 aromatic carbocycles. The fourth-order valence-electron chi connectivity index (χ4n) is 3.20. The maximum atomic E-state index is 14.5. The molecule has 0 aliphatic rings. The van der Waals surface area contributed by atoms with Crippen molar-refractivity contribution in [2.45, 2.75) is 18.7 Å². The molecule has 9 heteroatoms. The number of aliphatic hydroxyl groups is 1. The zero-order valence-electron chi connectivity index (χ0n) is 15.3. The Balaban J connectivity index is 1.94. The Labute approximate surface area is 171 Å². The molecule has 1 unspecified atom stereocenters. The van der Waals surface area contributed by atoms with Crippen molar-refractivity contribution in [3.8, 4) is 6.07 Å². The van der Waals surface area contributed by atoms with E-state index in [1.165, 1.54) is 23.4 Å². The van der Waals surface area contributed by atoms with Crippen LogP contribution in [0.1, 0.15) is 11.1 Å². The highest BCUT2D eigenvalue weighted by Gasteiger charge is 2.35. The summed E-state index contributed by atoms with van der Waals surface area (Å²) >= 11 is 6.03. The van der Waals surface area contributed by atoms with E-state index in [4.69, 9.17) is 11.6 Å². The van der Waals surface area contributed by atoms with E-state index < -0.39 is 17.2 Å². The molecule has 0 aliphatic heterocycles. The predicted molar refractivity (Wildman–Crippen MR) is 103 cm³/mol. The smallest absolute Gasteiger partial charge is 0.137 e. The highest BCUT2D eigenvalue weighted by atomic mass is 35.5. The van der Waals surface area contributed by atoms with E-state index in [1.54, 1.807) is 23.1 Å². The van der Waals surface area contributed by atoms with Crippen LogP contribution in [-0.4, -0.2) is 37.9 Å². The first-order valence-electron chi connectivity index (χ1n) is 8.74. The molecule has 0 bridgehead atoms. The summed E-state index contributed by atoms with van der Waals surface area (Å²) in [5, 5.41) is 25.2. The number of hydrogen-bond acceptors (Lipinski definition) is 5. The Morgan fingerprint density at radius 3 is 2.72 bits per heavy atom. The van der Waals surface area contributed by atoms with Crippen LogP contribution < -0.4 is 0 Å². The van der Waals surface area contributed by atoms with E-state index in [2.05, 4.69) is 16.2 Å². The van der Waals surface area contributed by atoms with Crippen molar-refractivity contribution in [2.75, 3.05) is 13.1 Å². The summed E-state index contributed by atoms with van der Waals surface area (Å²) in [5.74, 6) is -1.63. The van der Waals surface area contributed by atoms with Gasteiger partial charge in [-0.15, -0.1) is 0 Å². The number of rotatable bonds is 8. The fourth-order valence-corrected chi connectivity index (χ4v) is 3.41. The van der Waals surface area contributed by atoms with Crippen LogP contribution in [0, 0.1) is 23.0 Å². The van der Waals surface area contributed by atoms with E-state index in [1.807, 2.05) is 6.07 Å². The second-order valence-corrected chi connectivity index (χ2v) is 7.12. The molecular formula is C20H18ClF2N5O. The van der Waals surface area contributed by atoms with Gasteiger partial charge in [0.15, 0.2) is 0 Å². The molecule has 1 atom stereocenters. The van der Waals surface area contributed by atoms with E-state index in [-0.39, 0.29) is 25.2 Å². The van der Waals surface area contributed by atoms with Gasteiger partial charge in [-0.1, -0.05) is 29.8 Å². The summed E-state index contributed by atoms with van der Waals surface area (Å²) in [6.07, 6.45) is 2.68. The van der Waals surface area contributed by atoms with Crippen LogP contribution in [-0.2, 0) is 18.7 Å². The zero-order valence-corrected chi connectivity index (χ0v) is 16.1. The molecule has 3 aromatic rings. The standard InChI is InChI=1S/C20H18ClF2N5O/c21-16-3-1-2-15(8-16)10-27(7-6-24)11-20(29,12-28-14-25-13-26-28)18-5-4-17(22)9-19(18)23/h1-5,8-9,13-14,29H,7,10-12H2. The molecule has 0 radical (unpaired) electrons. The quantitative estimate of drug-likeness (QED) is 0.570. The molecule has 1 N–H and O–H groups in total. The van der Waals surface area contributed by atoms with E-state index in [9.17, 15) is 19.1 Å². The minimum atomic E-state index is -1.79. The van der Waals surface area contributed by atoms with Gasteiger partial charge in [0.1, 0.15) is 29.9 Å². The molecule has 29 heavy (non-hydrogen) atoms. The number of nitrogens with zero attached hydrogens (tertiary/aromatic N) is 5. The van der Waals surface area contributed by atoms with Crippen molar-refractivity contribution in [3.05, 3.63) is 82.9 Å². The van der Waals surface area contributed by atoms with Gasteiger partial charge < -0.3 is 5.11 Å². The second kappa shape index (κ2) is 9.09. The highest BCUT2D eigenvalue weighted by Crippen LogP contribution is 2.28. The lowest BCUT2D eigenvalue weighted by molar-refractivity contribution is -0.0206. The molecule has 3 rings (SSSR count). The Kier molecular flexibility index (Phi) is 6.54. The molecule has 0 spiro atoms. The van der Waals surface area contributed by atoms with Gasteiger partial charge in [-0.2, -0.15) is 10.4 Å². The van der Waals surface area contributed by atoms with Crippen molar-refractivity contribution in [2.24, 2.45) is 0 Å². The van der Waals surface area contributed by atoms with Crippen LogP contribution in [0.3, 0.4) is 0 Å². The van der Waals surface area contributed by atoms with Gasteiger partial charge in [0.2, 0.25) is 0 Å². The number of hydrogen-bond donors (Lipinski definition) is 1. The van der Waals surface area contributed by atoms with Gasteiger partial charge in [-0.3, -0.25) is 4.90 Å². The molecule has 0 fully saturated rings. The third-order valence-electron chi connectivity index (χ3n) is 4.40. The van der Waals surface area contributed by atoms with Gasteiger partial charge in [0, 0.05) is 29.7 Å². The molecule has 1 heterocycles. The van der Waals surface area contributed by atoms with Gasteiger partial charge in [-0.25, -0.2) is 18.4 Å². The monoisotopic (exact) mass is 417 g/mol. The molecule has 0 saturated carbocycles. The van der Waals surface area contributed by atoms with Crippen LogP contribution in [0.5, 0.6) is 0 Å². The maximum Gasteiger partial charge on any atom is 0.137 e. The molecule has 0 aliphatic carbocycles. The maximum absolute atomic E-state index is 14.5. The van der Waals surface area contributed by atoms with Crippen LogP contribution in [0.15, 0.2) is 55.1 Å². The third-order valence-corrected chi connectivity index (χ3v) is 4.63. The van der Waals surface area contributed by atoms with Gasteiger partial charge in [-0.05, 0) is 23.8 Å². The lowest BCUT2D eigenvalue weighted by atomic mass is 9.92. The highest BCUT2D eigenvalue weighted by molar-refractivity contribution is 6.30. The van der Waals surface area contributed by atoms with E-state index >= 15 is 0 Å². The lowest BCUT2D eigenvalue weighted by Crippen LogP contribution is -2.44.